The first-order chi connectivity index (χ1) is 44.4. The first-order valence-corrected chi connectivity index (χ1v) is 41.0. The monoisotopic (exact) mass is 1350 g/mol. The second kappa shape index (κ2) is 65.0. The van der Waals surface area contributed by atoms with Gasteiger partial charge in [-0.2, -0.15) is 0 Å². The Morgan fingerprint density at radius 3 is 0.739 bits per heavy atom. The summed E-state index contributed by atoms with van der Waals surface area (Å²) in [6, 6.07) is 0. The van der Waals surface area contributed by atoms with Gasteiger partial charge in [-0.1, -0.05) is 324 Å². The number of ether oxygens (including phenoxy) is 4. The van der Waals surface area contributed by atoms with Crippen LogP contribution in [0.4, 0.5) is 0 Å². The Labute approximate surface area is 562 Å². The number of esters is 4. The van der Waals surface area contributed by atoms with E-state index in [4.69, 9.17) is 37.0 Å². The van der Waals surface area contributed by atoms with Crippen LogP contribution in [0.1, 0.15) is 375 Å². The molecule has 546 valence electrons. The third-order valence-corrected chi connectivity index (χ3v) is 18.9. The molecule has 0 aromatic rings. The number of phosphoric ester groups is 2. The largest absolute Gasteiger partial charge is 0.472 e. The molecule has 0 bridgehead atoms. The molecule has 0 amide bonds. The molecule has 0 heterocycles. The minimum absolute atomic E-state index is 0.101. The van der Waals surface area contributed by atoms with Crippen LogP contribution in [0, 0.1) is 11.8 Å². The zero-order valence-corrected chi connectivity index (χ0v) is 61.6. The Morgan fingerprint density at radius 1 is 0.293 bits per heavy atom. The van der Waals surface area contributed by atoms with Gasteiger partial charge in [0.05, 0.1) is 26.4 Å². The molecule has 0 fully saturated rings. The molecule has 3 N–H and O–H groups in total. The molecule has 17 nitrogen and oxygen atoms in total. The van der Waals surface area contributed by atoms with Crippen LogP contribution in [-0.4, -0.2) is 96.7 Å². The SMILES string of the molecule is CCCCCCCCCCCCCCCCCCCCCC(=O)OC[C@H](COP(=O)(O)OC[C@@H](O)COP(=O)(O)OC[C@@H](COC(=O)CCCCCCC)OC(=O)CCCCCCCCC(C)C)OC(=O)CCCCCCCCCCCCCCCCCCC(C)C. The van der Waals surface area contributed by atoms with Gasteiger partial charge in [0.15, 0.2) is 12.2 Å². The summed E-state index contributed by atoms with van der Waals surface area (Å²) in [5.41, 5.74) is 0. The minimum atomic E-state index is -4.95. The summed E-state index contributed by atoms with van der Waals surface area (Å²) < 4.78 is 68.1. The summed E-state index contributed by atoms with van der Waals surface area (Å²) in [5, 5.41) is 10.6. The summed E-state index contributed by atoms with van der Waals surface area (Å²) in [6.45, 7) is 9.41. The lowest BCUT2D eigenvalue weighted by atomic mass is 10.0. The van der Waals surface area contributed by atoms with Gasteiger partial charge in [-0.25, -0.2) is 9.13 Å². The summed E-state index contributed by atoms with van der Waals surface area (Å²) in [4.78, 5) is 72.3. The van der Waals surface area contributed by atoms with E-state index in [1.54, 1.807) is 0 Å². The highest BCUT2D eigenvalue weighted by molar-refractivity contribution is 7.47. The van der Waals surface area contributed by atoms with E-state index >= 15 is 0 Å². The number of carbonyl (C=O) groups excluding carboxylic acids is 4. The van der Waals surface area contributed by atoms with Gasteiger partial charge in [-0.3, -0.25) is 37.3 Å². The molecule has 0 radical (unpaired) electrons. The lowest BCUT2D eigenvalue weighted by Crippen LogP contribution is -2.30. The Bertz CT molecular complexity index is 1790. The van der Waals surface area contributed by atoms with E-state index in [9.17, 15) is 43.2 Å². The lowest BCUT2D eigenvalue weighted by Gasteiger charge is -2.21. The number of phosphoric acid groups is 2. The highest BCUT2D eigenvalue weighted by Crippen LogP contribution is 2.45. The number of rotatable bonds is 72. The molecular weight excluding hydrogens is 1210 g/mol. The second-order valence-corrected chi connectivity index (χ2v) is 30.2. The lowest BCUT2D eigenvalue weighted by molar-refractivity contribution is -0.161. The van der Waals surface area contributed by atoms with E-state index in [1.165, 1.54) is 186 Å². The third-order valence-electron chi connectivity index (χ3n) is 17.0. The number of unbranched alkanes of at least 4 members (excludes halogenated alkanes) is 42. The van der Waals surface area contributed by atoms with Crippen molar-refractivity contribution >= 4 is 39.5 Å². The number of aliphatic hydroxyl groups excluding tert-OH is 1. The molecule has 2 unspecified atom stereocenters. The highest BCUT2D eigenvalue weighted by Gasteiger charge is 2.30. The van der Waals surface area contributed by atoms with Gasteiger partial charge in [0, 0.05) is 25.7 Å². The maximum Gasteiger partial charge on any atom is 0.472 e. The highest BCUT2D eigenvalue weighted by atomic mass is 31.2. The maximum atomic E-state index is 13.1. The molecular formula is C73H142O17P2. The fourth-order valence-corrected chi connectivity index (χ4v) is 12.7. The van der Waals surface area contributed by atoms with Gasteiger partial charge in [-0.05, 0) is 37.5 Å². The molecule has 5 atom stereocenters. The standard InChI is InChI=1S/C73H142O17P2/c1-7-9-11-13-14-15-16-17-18-19-20-21-25-28-31-34-37-44-50-56-71(76)84-62-69(89-72(77)57-51-45-38-35-32-29-26-23-22-24-27-30-33-36-42-47-53-65(3)4)64-88-92(81,82)86-60-67(74)59-85-91(79,80)87-63-68(61-83-70(75)55-49-41-12-10-8-2)90-73(78)58-52-46-40-39-43-48-54-66(5)6/h65-69,74H,7-64H2,1-6H3,(H,79,80)(H,81,82)/t67-,68+,69+/m0/s1. The zero-order chi connectivity index (χ0) is 67.9. The number of hydrogen-bond acceptors (Lipinski definition) is 15. The topological polar surface area (TPSA) is 237 Å². The van der Waals surface area contributed by atoms with Crippen molar-refractivity contribution in [3.63, 3.8) is 0 Å². The molecule has 19 heteroatoms. The number of carbonyl (C=O) groups is 4. The van der Waals surface area contributed by atoms with Crippen molar-refractivity contribution in [2.24, 2.45) is 11.8 Å². The Balaban J connectivity index is 5.11. The summed E-state index contributed by atoms with van der Waals surface area (Å²) in [5.74, 6) is -0.658. The average molecular weight is 1350 g/mol. The third kappa shape index (κ3) is 66.7. The molecule has 0 aliphatic heterocycles. The quantitative estimate of drug-likeness (QED) is 0.0222. The van der Waals surface area contributed by atoms with Crippen molar-refractivity contribution in [1.29, 1.82) is 0 Å². The summed E-state index contributed by atoms with van der Waals surface area (Å²) in [7, 11) is -9.89. The van der Waals surface area contributed by atoms with E-state index in [2.05, 4.69) is 41.5 Å². The predicted molar refractivity (Wildman–Crippen MR) is 372 cm³/mol. The molecule has 0 saturated heterocycles. The molecule has 0 saturated carbocycles. The number of aliphatic hydroxyl groups is 1. The molecule has 0 aromatic heterocycles. The minimum Gasteiger partial charge on any atom is -0.462 e. The van der Waals surface area contributed by atoms with Gasteiger partial charge < -0.3 is 33.8 Å². The van der Waals surface area contributed by atoms with Crippen LogP contribution in [0.25, 0.3) is 0 Å². The van der Waals surface area contributed by atoms with E-state index in [0.29, 0.717) is 31.6 Å². The van der Waals surface area contributed by atoms with E-state index in [1.807, 2.05) is 0 Å². The fourth-order valence-electron chi connectivity index (χ4n) is 11.1. The molecule has 0 spiro atoms. The number of hydrogen-bond donors (Lipinski definition) is 3. The van der Waals surface area contributed by atoms with Gasteiger partial charge in [-0.15, -0.1) is 0 Å². The van der Waals surface area contributed by atoms with Crippen LogP contribution in [0.15, 0.2) is 0 Å². The van der Waals surface area contributed by atoms with Crippen molar-refractivity contribution in [2.45, 2.75) is 394 Å². The first kappa shape index (κ1) is 90.1. The van der Waals surface area contributed by atoms with Crippen LogP contribution in [0.5, 0.6) is 0 Å². The zero-order valence-electron chi connectivity index (χ0n) is 59.9. The van der Waals surface area contributed by atoms with Crippen molar-refractivity contribution in [3.05, 3.63) is 0 Å². The van der Waals surface area contributed by atoms with Gasteiger partial charge in [0.2, 0.25) is 0 Å². The Morgan fingerprint density at radius 2 is 0.500 bits per heavy atom. The average Bonchev–Trinajstić information content (AvgIpc) is 3.70. The Kier molecular flexibility index (Phi) is 63.7. The predicted octanol–water partition coefficient (Wildman–Crippen LogP) is 21.2. The van der Waals surface area contributed by atoms with E-state index in [-0.39, 0.29) is 25.7 Å². The molecule has 0 aromatic carbocycles. The van der Waals surface area contributed by atoms with Crippen molar-refractivity contribution in [2.75, 3.05) is 39.6 Å². The molecule has 92 heavy (non-hydrogen) atoms. The molecule has 0 aliphatic rings. The van der Waals surface area contributed by atoms with Crippen molar-refractivity contribution in [1.82, 2.24) is 0 Å². The normalized spacial score (nSPS) is 14.1. The molecule has 0 aliphatic carbocycles. The maximum absolute atomic E-state index is 13.1. The fraction of sp³-hybridized carbons (Fsp3) is 0.945. The summed E-state index contributed by atoms with van der Waals surface area (Å²) >= 11 is 0. The van der Waals surface area contributed by atoms with Gasteiger partial charge >= 0.3 is 39.5 Å². The van der Waals surface area contributed by atoms with Gasteiger partial charge in [0.25, 0.3) is 0 Å². The van der Waals surface area contributed by atoms with Crippen molar-refractivity contribution < 1.29 is 80.2 Å². The van der Waals surface area contributed by atoms with Crippen LogP contribution in [-0.2, 0) is 65.4 Å². The second-order valence-electron chi connectivity index (χ2n) is 27.3. The first-order valence-electron chi connectivity index (χ1n) is 38.0. The van der Waals surface area contributed by atoms with E-state index < -0.39 is 97.5 Å². The van der Waals surface area contributed by atoms with Crippen LogP contribution in [0.2, 0.25) is 0 Å². The summed E-state index contributed by atoms with van der Waals surface area (Å²) in [6.07, 6.45) is 52.1. The van der Waals surface area contributed by atoms with Crippen LogP contribution >= 0.6 is 15.6 Å². The Hall–Kier alpha value is -1.94. The van der Waals surface area contributed by atoms with Crippen molar-refractivity contribution in [3.8, 4) is 0 Å². The van der Waals surface area contributed by atoms with E-state index in [0.717, 1.165) is 102 Å². The smallest absolute Gasteiger partial charge is 0.462 e. The van der Waals surface area contributed by atoms with Crippen LogP contribution in [0.3, 0.4) is 0 Å². The van der Waals surface area contributed by atoms with Crippen LogP contribution < -0.4 is 0 Å². The molecule has 0 rings (SSSR count). The van der Waals surface area contributed by atoms with Gasteiger partial charge in [0.1, 0.15) is 19.3 Å².